The molecule has 0 saturated carbocycles. The fourth-order valence-corrected chi connectivity index (χ4v) is 7.50. The van der Waals surface area contributed by atoms with Gasteiger partial charge in [-0.1, -0.05) is 54.6 Å². The summed E-state index contributed by atoms with van der Waals surface area (Å²) >= 11 is 6.51. The maximum atomic E-state index is 14.4. The average molecular weight is 756 g/mol. The number of aromatic nitrogens is 3. The molecule has 1 aliphatic rings. The number of amides is 1. The predicted octanol–water partition coefficient (Wildman–Crippen LogP) is 8.76. The zero-order chi connectivity index (χ0) is 38.8. The van der Waals surface area contributed by atoms with E-state index in [-0.39, 0.29) is 17.9 Å². The van der Waals surface area contributed by atoms with Crippen LogP contribution >= 0.6 is 11.6 Å². The Balaban J connectivity index is 1.37. The summed E-state index contributed by atoms with van der Waals surface area (Å²) in [5, 5.41) is 7.95. The molecular formula is C43H54ClN5O5. The van der Waals surface area contributed by atoms with Crippen LogP contribution in [0.2, 0.25) is 0 Å². The first-order valence-electron chi connectivity index (χ1n) is 18.9. The second kappa shape index (κ2) is 16.1. The van der Waals surface area contributed by atoms with Crippen molar-refractivity contribution in [1.29, 1.82) is 0 Å². The number of benzene rings is 3. The smallest absolute Gasteiger partial charge is 0.410 e. The summed E-state index contributed by atoms with van der Waals surface area (Å²) in [5.41, 5.74) is 4.95. The number of para-hydroxylation sites is 1. The van der Waals surface area contributed by atoms with Gasteiger partial charge >= 0.3 is 12.1 Å². The number of ether oxygens (including phenoxy) is 3. The van der Waals surface area contributed by atoms with E-state index in [9.17, 15) is 9.59 Å². The molecule has 3 aromatic carbocycles. The maximum absolute atomic E-state index is 14.4. The number of hydrogen-bond donors (Lipinski definition) is 0. The van der Waals surface area contributed by atoms with Gasteiger partial charge in [-0.2, -0.15) is 5.10 Å². The Kier molecular flexibility index (Phi) is 11.6. The third kappa shape index (κ3) is 8.71. The summed E-state index contributed by atoms with van der Waals surface area (Å²) in [7, 11) is 1.93. The minimum Gasteiger partial charge on any atom is -0.493 e. The number of carbonyl (C=O) groups excluding carboxylic acids is 2. The number of nitrogens with zero attached hydrogens (tertiary/aromatic N) is 5. The fourth-order valence-electron chi connectivity index (χ4n) is 7.31. The summed E-state index contributed by atoms with van der Waals surface area (Å²) in [6.07, 6.45) is 1.01. The van der Waals surface area contributed by atoms with Gasteiger partial charge in [-0.3, -0.25) is 9.58 Å². The summed E-state index contributed by atoms with van der Waals surface area (Å²) in [5.74, 6) is 0.746. The molecule has 1 saturated heterocycles. The van der Waals surface area contributed by atoms with Crippen molar-refractivity contribution in [3.05, 3.63) is 83.3 Å². The molecule has 2 aromatic heterocycles. The van der Waals surface area contributed by atoms with Gasteiger partial charge in [0, 0.05) is 73.9 Å². The lowest BCUT2D eigenvalue weighted by atomic mass is 9.98. The van der Waals surface area contributed by atoms with Crippen LogP contribution in [-0.4, -0.2) is 86.7 Å². The molecule has 0 aliphatic carbocycles. The Labute approximate surface area is 323 Å². The Morgan fingerprint density at radius 1 is 0.833 bits per heavy atom. The Bertz CT molecular complexity index is 2130. The number of carbonyl (C=O) groups is 2. The van der Waals surface area contributed by atoms with Crippen molar-refractivity contribution >= 4 is 45.3 Å². The molecule has 1 amide bonds. The molecule has 1 fully saturated rings. The van der Waals surface area contributed by atoms with Crippen LogP contribution in [0, 0.1) is 6.92 Å². The third-order valence-electron chi connectivity index (χ3n) is 9.82. The van der Waals surface area contributed by atoms with E-state index in [1.54, 1.807) is 4.90 Å². The van der Waals surface area contributed by atoms with Crippen LogP contribution in [0.4, 0.5) is 4.79 Å². The van der Waals surface area contributed by atoms with Crippen LogP contribution in [0.3, 0.4) is 0 Å². The van der Waals surface area contributed by atoms with Crippen LogP contribution in [0.1, 0.15) is 75.4 Å². The van der Waals surface area contributed by atoms with Crippen LogP contribution in [0.5, 0.6) is 5.75 Å². The second-order valence-corrected chi connectivity index (χ2v) is 16.4. The highest BCUT2D eigenvalue weighted by Gasteiger charge is 2.31. The largest absolute Gasteiger partial charge is 0.493 e. The quantitative estimate of drug-likeness (QED) is 0.0757. The summed E-state index contributed by atoms with van der Waals surface area (Å²) < 4.78 is 22.2. The lowest BCUT2D eigenvalue weighted by Crippen LogP contribution is -2.50. The Morgan fingerprint density at radius 2 is 1.50 bits per heavy atom. The number of halogens is 1. The van der Waals surface area contributed by atoms with Crippen molar-refractivity contribution in [2.75, 3.05) is 39.3 Å². The van der Waals surface area contributed by atoms with Gasteiger partial charge in [0.1, 0.15) is 22.6 Å². The van der Waals surface area contributed by atoms with Crippen molar-refractivity contribution in [2.45, 2.75) is 84.9 Å². The highest BCUT2D eigenvalue weighted by molar-refractivity contribution is 6.17. The standard InChI is InChI=1S/C43H54ClN5O5/c1-29-37(35(28-44)45-46(29)8)34-18-12-17-32-33(19-13-27-52-36-20-11-15-30-14-9-10-16-31(30)36)39(40(50)53-42(2,3)4)49(38(32)34)26-23-47-21-24-48(25-22-47)41(51)54-43(5,6)7/h9-12,14-18,20H,13,19,21-28H2,1-8H3. The topological polar surface area (TPSA) is 91.1 Å². The van der Waals surface area contributed by atoms with Crippen molar-refractivity contribution in [2.24, 2.45) is 7.05 Å². The van der Waals surface area contributed by atoms with Gasteiger partial charge in [0.15, 0.2) is 0 Å². The average Bonchev–Trinajstić information content (AvgIpc) is 3.60. The molecule has 0 atom stereocenters. The Morgan fingerprint density at radius 3 is 2.20 bits per heavy atom. The zero-order valence-electron chi connectivity index (χ0n) is 33.0. The molecule has 54 heavy (non-hydrogen) atoms. The molecule has 0 bridgehead atoms. The monoisotopic (exact) mass is 755 g/mol. The SMILES string of the molecule is Cc1c(-c2cccc3c(CCCOc4cccc5ccccc45)c(C(=O)OC(C)(C)C)n(CCN4CCN(C(=O)OC(C)(C)C)CC4)c23)c(CCl)nn1C. The van der Waals surface area contributed by atoms with E-state index < -0.39 is 11.2 Å². The molecular weight excluding hydrogens is 702 g/mol. The van der Waals surface area contributed by atoms with Gasteiger partial charge in [0.05, 0.1) is 23.7 Å². The summed E-state index contributed by atoms with van der Waals surface area (Å²) in [4.78, 5) is 31.3. The molecule has 6 rings (SSSR count). The molecule has 288 valence electrons. The third-order valence-corrected chi connectivity index (χ3v) is 10.1. The van der Waals surface area contributed by atoms with Crippen LogP contribution in [0.15, 0.2) is 60.7 Å². The summed E-state index contributed by atoms with van der Waals surface area (Å²) in [6, 6.07) is 20.6. The molecule has 1 aliphatic heterocycles. The van der Waals surface area contributed by atoms with Gasteiger partial charge < -0.3 is 23.7 Å². The molecule has 0 N–H and O–H groups in total. The van der Waals surface area contributed by atoms with Gasteiger partial charge in [-0.05, 0) is 78.3 Å². The molecule has 5 aromatic rings. The lowest BCUT2D eigenvalue weighted by Gasteiger charge is -2.35. The normalized spacial score (nSPS) is 14.2. The van der Waals surface area contributed by atoms with Gasteiger partial charge in [0.25, 0.3) is 0 Å². The van der Waals surface area contributed by atoms with Crippen LogP contribution in [0.25, 0.3) is 32.8 Å². The molecule has 0 unspecified atom stereocenters. The molecule has 0 spiro atoms. The number of aryl methyl sites for hydroxylation is 2. The van der Waals surface area contributed by atoms with Gasteiger partial charge in [-0.25, -0.2) is 9.59 Å². The first kappa shape index (κ1) is 39.2. The van der Waals surface area contributed by atoms with E-state index in [4.69, 9.17) is 30.9 Å². The number of piperazine rings is 1. The van der Waals surface area contributed by atoms with E-state index in [1.807, 2.05) is 77.5 Å². The van der Waals surface area contributed by atoms with E-state index in [2.05, 4.69) is 52.8 Å². The van der Waals surface area contributed by atoms with Crippen molar-refractivity contribution in [3.63, 3.8) is 0 Å². The van der Waals surface area contributed by atoms with Gasteiger partial charge in [0.2, 0.25) is 0 Å². The molecule has 11 heteroatoms. The number of alkyl halides is 1. The first-order chi connectivity index (χ1) is 25.6. The van der Waals surface area contributed by atoms with E-state index >= 15 is 0 Å². The predicted molar refractivity (Wildman–Crippen MR) is 216 cm³/mol. The van der Waals surface area contributed by atoms with E-state index in [0.717, 1.165) is 55.5 Å². The highest BCUT2D eigenvalue weighted by atomic mass is 35.5. The maximum Gasteiger partial charge on any atom is 0.410 e. The van der Waals surface area contributed by atoms with Crippen molar-refractivity contribution in [1.82, 2.24) is 24.1 Å². The van der Waals surface area contributed by atoms with E-state index in [0.29, 0.717) is 64.4 Å². The fraction of sp³-hybridized carbons (Fsp3) is 0.465. The molecule has 10 nitrogen and oxygen atoms in total. The number of esters is 1. The van der Waals surface area contributed by atoms with Crippen molar-refractivity contribution in [3.8, 4) is 16.9 Å². The molecule has 0 radical (unpaired) electrons. The Hall–Kier alpha value is -4.54. The first-order valence-corrected chi connectivity index (χ1v) is 19.5. The number of hydrogen-bond acceptors (Lipinski definition) is 7. The van der Waals surface area contributed by atoms with E-state index in [1.165, 1.54) is 0 Å². The minimum atomic E-state index is -0.695. The zero-order valence-corrected chi connectivity index (χ0v) is 33.8. The minimum absolute atomic E-state index is 0.257. The van der Waals surface area contributed by atoms with Gasteiger partial charge in [-0.15, -0.1) is 11.6 Å². The second-order valence-electron chi connectivity index (χ2n) is 16.1. The number of fused-ring (bicyclic) bond motifs is 2. The summed E-state index contributed by atoms with van der Waals surface area (Å²) in [6.45, 7) is 17.6. The number of rotatable bonds is 11. The lowest BCUT2D eigenvalue weighted by molar-refractivity contribution is 0.00509. The van der Waals surface area contributed by atoms with Crippen LogP contribution < -0.4 is 4.74 Å². The molecule has 3 heterocycles. The highest BCUT2D eigenvalue weighted by Crippen LogP contribution is 2.39. The van der Waals surface area contributed by atoms with Crippen LogP contribution in [-0.2, 0) is 35.4 Å². The van der Waals surface area contributed by atoms with Crippen molar-refractivity contribution < 1.29 is 23.8 Å².